The van der Waals surface area contributed by atoms with Crippen LogP contribution >= 0.6 is 0 Å². The average Bonchev–Trinajstić information content (AvgIpc) is 2.85. The molecule has 1 N–H and O–H groups in total. The van der Waals surface area contributed by atoms with Crippen LogP contribution in [0.4, 0.5) is 4.79 Å². The van der Waals surface area contributed by atoms with Gasteiger partial charge in [-0.15, -0.1) is 0 Å². The number of aliphatic carboxylic acids is 1. The number of fused-ring (bicyclic) bond motifs is 1. The van der Waals surface area contributed by atoms with E-state index in [2.05, 4.69) is 0 Å². The van der Waals surface area contributed by atoms with Gasteiger partial charge < -0.3 is 14.9 Å². The van der Waals surface area contributed by atoms with Crippen molar-refractivity contribution >= 4 is 12.0 Å². The van der Waals surface area contributed by atoms with E-state index in [0.717, 1.165) is 13.1 Å². The molecule has 1 aliphatic heterocycles. The maximum atomic E-state index is 12.7. The fourth-order valence-corrected chi connectivity index (χ4v) is 3.49. The molecule has 0 aromatic heterocycles. The highest BCUT2D eigenvalue weighted by molar-refractivity contribution is 5.76. The van der Waals surface area contributed by atoms with Crippen molar-refractivity contribution in [3.8, 4) is 0 Å². The van der Waals surface area contributed by atoms with Gasteiger partial charge in [0.1, 0.15) is 0 Å². The molecule has 1 heterocycles. The Balaban J connectivity index is 2.01. The van der Waals surface area contributed by atoms with Crippen LogP contribution in [-0.4, -0.2) is 52.1 Å². The summed E-state index contributed by atoms with van der Waals surface area (Å²) in [5.74, 6) is 0.478. The third-order valence-electron chi connectivity index (χ3n) is 4.59. The Morgan fingerprint density at radius 1 is 1.20 bits per heavy atom. The zero-order chi connectivity index (χ0) is 14.9. The van der Waals surface area contributed by atoms with Gasteiger partial charge in [-0.05, 0) is 45.4 Å². The van der Waals surface area contributed by atoms with Crippen LogP contribution in [0.2, 0.25) is 0 Å². The predicted octanol–water partition coefficient (Wildman–Crippen LogP) is 2.41. The Bertz CT molecular complexity index is 377. The minimum absolute atomic E-state index is 0.00368. The fraction of sp³-hybridized carbons (Fsp3) is 0.867. The molecule has 1 saturated heterocycles. The van der Waals surface area contributed by atoms with Crippen molar-refractivity contribution < 1.29 is 14.7 Å². The normalized spacial score (nSPS) is 25.6. The molecule has 0 radical (unpaired) electrons. The standard InChI is InChI=1S/C15H26N2O3/c1-15(2,3)17(8-7-13(18)19)14(20)16-9-11-5-4-6-12(11)10-16/h11-12H,4-10H2,1-3H3,(H,18,19). The molecular weight excluding hydrogens is 256 g/mol. The highest BCUT2D eigenvalue weighted by Gasteiger charge is 2.40. The molecule has 1 aliphatic carbocycles. The van der Waals surface area contributed by atoms with E-state index in [1.807, 2.05) is 25.7 Å². The van der Waals surface area contributed by atoms with Gasteiger partial charge in [0.15, 0.2) is 0 Å². The van der Waals surface area contributed by atoms with Crippen LogP contribution in [0.3, 0.4) is 0 Å². The minimum Gasteiger partial charge on any atom is -0.481 e. The molecule has 2 rings (SSSR count). The summed E-state index contributed by atoms with van der Waals surface area (Å²) in [5.41, 5.74) is -0.343. The summed E-state index contributed by atoms with van der Waals surface area (Å²) in [6.45, 7) is 7.87. The van der Waals surface area contributed by atoms with Crippen LogP contribution in [0.15, 0.2) is 0 Å². The number of carbonyl (C=O) groups is 2. The average molecular weight is 282 g/mol. The summed E-state index contributed by atoms with van der Waals surface area (Å²) >= 11 is 0. The highest BCUT2D eigenvalue weighted by Crippen LogP contribution is 2.38. The molecule has 2 unspecified atom stereocenters. The van der Waals surface area contributed by atoms with Gasteiger partial charge in [-0.25, -0.2) is 4.79 Å². The molecule has 2 amide bonds. The second-order valence-electron chi connectivity index (χ2n) is 7.10. The summed E-state index contributed by atoms with van der Waals surface area (Å²) in [6.07, 6.45) is 3.77. The van der Waals surface area contributed by atoms with Gasteiger partial charge in [-0.3, -0.25) is 4.79 Å². The van der Waals surface area contributed by atoms with Gasteiger partial charge in [0, 0.05) is 25.2 Å². The largest absolute Gasteiger partial charge is 0.481 e. The lowest BCUT2D eigenvalue weighted by Gasteiger charge is -2.38. The van der Waals surface area contributed by atoms with Crippen LogP contribution in [0.5, 0.6) is 0 Å². The SMILES string of the molecule is CC(C)(C)N(CCC(=O)O)C(=O)N1CC2CCCC2C1. The number of rotatable bonds is 3. The quantitative estimate of drug-likeness (QED) is 0.864. The first-order valence-electron chi connectivity index (χ1n) is 7.57. The summed E-state index contributed by atoms with van der Waals surface area (Å²) in [6, 6.07) is 0.00755. The van der Waals surface area contributed by atoms with Crippen molar-refractivity contribution in [2.24, 2.45) is 11.8 Å². The summed E-state index contributed by atoms with van der Waals surface area (Å²) in [5, 5.41) is 8.85. The molecule has 2 atom stereocenters. The zero-order valence-electron chi connectivity index (χ0n) is 12.8. The number of carbonyl (C=O) groups excluding carboxylic acids is 1. The highest BCUT2D eigenvalue weighted by atomic mass is 16.4. The number of likely N-dealkylation sites (tertiary alicyclic amines) is 1. The first-order chi connectivity index (χ1) is 9.29. The molecular formula is C15H26N2O3. The zero-order valence-corrected chi connectivity index (χ0v) is 12.8. The van der Waals surface area contributed by atoms with Gasteiger partial charge in [0.25, 0.3) is 0 Å². The van der Waals surface area contributed by atoms with E-state index in [-0.39, 0.29) is 24.5 Å². The smallest absolute Gasteiger partial charge is 0.320 e. The van der Waals surface area contributed by atoms with Crippen LogP contribution in [0.1, 0.15) is 46.5 Å². The number of urea groups is 1. The lowest BCUT2D eigenvalue weighted by molar-refractivity contribution is -0.137. The van der Waals surface area contributed by atoms with Crippen LogP contribution in [0, 0.1) is 11.8 Å². The molecule has 114 valence electrons. The summed E-state index contributed by atoms with van der Waals surface area (Å²) < 4.78 is 0. The summed E-state index contributed by atoms with van der Waals surface area (Å²) in [4.78, 5) is 27.1. The molecule has 5 nitrogen and oxygen atoms in total. The summed E-state index contributed by atoms with van der Waals surface area (Å²) in [7, 11) is 0. The van der Waals surface area contributed by atoms with E-state index >= 15 is 0 Å². The van der Waals surface area contributed by atoms with Gasteiger partial charge in [-0.2, -0.15) is 0 Å². The number of carboxylic acids is 1. The van der Waals surface area contributed by atoms with Gasteiger partial charge in [-0.1, -0.05) is 6.42 Å². The minimum atomic E-state index is -0.856. The molecule has 0 spiro atoms. The lowest BCUT2D eigenvalue weighted by Crippen LogP contribution is -2.52. The van der Waals surface area contributed by atoms with Crippen molar-refractivity contribution in [2.75, 3.05) is 19.6 Å². The second-order valence-corrected chi connectivity index (χ2v) is 7.10. The second kappa shape index (κ2) is 5.62. The molecule has 2 aliphatic rings. The Morgan fingerprint density at radius 2 is 1.75 bits per heavy atom. The Labute approximate surface area is 120 Å². The maximum Gasteiger partial charge on any atom is 0.320 e. The number of carboxylic acid groups (broad SMARTS) is 1. The third kappa shape index (κ3) is 3.25. The molecule has 5 heteroatoms. The number of nitrogens with zero attached hydrogens (tertiary/aromatic N) is 2. The van der Waals surface area contributed by atoms with E-state index in [9.17, 15) is 9.59 Å². The van der Waals surface area contributed by atoms with E-state index in [0.29, 0.717) is 11.8 Å². The van der Waals surface area contributed by atoms with Crippen LogP contribution < -0.4 is 0 Å². The number of hydrogen-bond acceptors (Lipinski definition) is 2. The van der Waals surface area contributed by atoms with Crippen LogP contribution in [-0.2, 0) is 4.79 Å². The molecule has 2 fully saturated rings. The first kappa shape index (κ1) is 15.1. The lowest BCUT2D eigenvalue weighted by atomic mass is 10.0. The Hall–Kier alpha value is -1.26. The monoisotopic (exact) mass is 282 g/mol. The fourth-order valence-electron chi connectivity index (χ4n) is 3.49. The Morgan fingerprint density at radius 3 is 2.20 bits per heavy atom. The van der Waals surface area contributed by atoms with Crippen molar-refractivity contribution in [2.45, 2.75) is 52.0 Å². The molecule has 0 bridgehead atoms. The van der Waals surface area contributed by atoms with Gasteiger partial charge in [0.05, 0.1) is 6.42 Å². The number of hydrogen-bond donors (Lipinski definition) is 1. The first-order valence-corrected chi connectivity index (χ1v) is 7.57. The topological polar surface area (TPSA) is 60.9 Å². The third-order valence-corrected chi connectivity index (χ3v) is 4.59. The maximum absolute atomic E-state index is 12.7. The molecule has 1 saturated carbocycles. The van der Waals surface area contributed by atoms with Gasteiger partial charge in [0.2, 0.25) is 0 Å². The number of amides is 2. The predicted molar refractivity (Wildman–Crippen MR) is 76.5 cm³/mol. The van der Waals surface area contributed by atoms with E-state index < -0.39 is 5.97 Å². The van der Waals surface area contributed by atoms with Gasteiger partial charge >= 0.3 is 12.0 Å². The van der Waals surface area contributed by atoms with Crippen LogP contribution in [0.25, 0.3) is 0 Å². The van der Waals surface area contributed by atoms with Crippen molar-refractivity contribution in [3.63, 3.8) is 0 Å². The van der Waals surface area contributed by atoms with Crippen molar-refractivity contribution in [1.29, 1.82) is 0 Å². The molecule has 0 aromatic carbocycles. The molecule has 0 aromatic rings. The van der Waals surface area contributed by atoms with E-state index in [1.54, 1.807) is 4.90 Å². The van der Waals surface area contributed by atoms with E-state index in [4.69, 9.17) is 5.11 Å². The van der Waals surface area contributed by atoms with Crippen molar-refractivity contribution in [3.05, 3.63) is 0 Å². The van der Waals surface area contributed by atoms with E-state index in [1.165, 1.54) is 19.3 Å². The Kier molecular flexibility index (Phi) is 4.25. The van der Waals surface area contributed by atoms with Crippen molar-refractivity contribution in [1.82, 2.24) is 9.80 Å². The molecule has 20 heavy (non-hydrogen) atoms.